The molecule has 3 nitrogen and oxygen atoms in total. The monoisotopic (exact) mass is 327 g/mol. The van der Waals surface area contributed by atoms with E-state index < -0.39 is 0 Å². The number of hydrogen-bond donors (Lipinski definition) is 1. The Hall–Kier alpha value is -1.94. The van der Waals surface area contributed by atoms with Gasteiger partial charge in [-0.2, -0.15) is 5.10 Å². The Kier molecular flexibility index (Phi) is 3.65. The van der Waals surface area contributed by atoms with Crippen molar-refractivity contribution in [1.29, 1.82) is 0 Å². The van der Waals surface area contributed by atoms with Gasteiger partial charge in [0.1, 0.15) is 5.69 Å². The van der Waals surface area contributed by atoms with E-state index in [9.17, 15) is 0 Å². The molecule has 2 heterocycles. The summed E-state index contributed by atoms with van der Waals surface area (Å²) in [5, 5.41) is 7.63. The van der Waals surface area contributed by atoms with Crippen LogP contribution in [0.4, 0.5) is 0 Å². The van der Waals surface area contributed by atoms with E-state index in [-0.39, 0.29) is 0 Å². The molecule has 0 aliphatic rings. The van der Waals surface area contributed by atoms with Gasteiger partial charge in [-0.25, -0.2) is 0 Å². The first-order chi connectivity index (χ1) is 9.79. The highest BCUT2D eigenvalue weighted by Crippen LogP contribution is 2.33. The van der Waals surface area contributed by atoms with Crippen LogP contribution in [0.1, 0.15) is 12.6 Å². The fraction of sp³-hybridized carbons (Fsp3) is 0.125. The molecule has 0 aliphatic heterocycles. The molecule has 3 rings (SSSR count). The summed E-state index contributed by atoms with van der Waals surface area (Å²) in [6.45, 7) is 2.13. The molecule has 0 saturated heterocycles. The predicted octanol–water partition coefficient (Wildman–Crippen LogP) is 4.46. The maximum Gasteiger partial charge on any atom is 0.102 e. The summed E-state index contributed by atoms with van der Waals surface area (Å²) in [7, 11) is 0. The van der Waals surface area contributed by atoms with E-state index in [0.29, 0.717) is 0 Å². The van der Waals surface area contributed by atoms with Gasteiger partial charge in [-0.05, 0) is 36.2 Å². The van der Waals surface area contributed by atoms with Crippen LogP contribution in [0, 0.1) is 0 Å². The van der Waals surface area contributed by atoms with Crippen molar-refractivity contribution in [2.24, 2.45) is 0 Å². The molecule has 0 bridgehead atoms. The zero-order chi connectivity index (χ0) is 13.9. The highest BCUT2D eigenvalue weighted by molar-refractivity contribution is 9.10. The minimum atomic E-state index is 0.915. The first kappa shape index (κ1) is 13.1. The molecule has 0 fully saturated rings. The summed E-state index contributed by atoms with van der Waals surface area (Å²) in [6.07, 6.45) is 4.53. The normalized spacial score (nSPS) is 10.7. The average molecular weight is 328 g/mol. The minimum absolute atomic E-state index is 0.915. The number of halogens is 1. The van der Waals surface area contributed by atoms with Gasteiger partial charge in [0.05, 0.1) is 0 Å². The number of nitrogens with one attached hydrogen (secondary N) is 1. The summed E-state index contributed by atoms with van der Waals surface area (Å²) in [5.74, 6) is 0. The number of H-pyrrole nitrogens is 1. The Bertz CT molecular complexity index is 702. The van der Waals surface area contributed by atoms with Crippen molar-refractivity contribution in [3.8, 4) is 22.4 Å². The summed E-state index contributed by atoms with van der Waals surface area (Å²) < 4.78 is 1.07. The fourth-order valence-electron chi connectivity index (χ4n) is 2.27. The fourth-order valence-corrected chi connectivity index (χ4v) is 2.54. The third-order valence-corrected chi connectivity index (χ3v) is 3.79. The van der Waals surface area contributed by atoms with Gasteiger partial charge >= 0.3 is 0 Å². The molecule has 20 heavy (non-hydrogen) atoms. The predicted molar refractivity (Wildman–Crippen MR) is 84.3 cm³/mol. The Morgan fingerprint density at radius 3 is 2.55 bits per heavy atom. The topological polar surface area (TPSA) is 41.6 Å². The van der Waals surface area contributed by atoms with Crippen LogP contribution in [-0.2, 0) is 6.42 Å². The van der Waals surface area contributed by atoms with Crippen LogP contribution in [0.15, 0.2) is 53.3 Å². The van der Waals surface area contributed by atoms with E-state index in [0.717, 1.165) is 39.0 Å². The van der Waals surface area contributed by atoms with Gasteiger partial charge < -0.3 is 0 Å². The number of aromatic amines is 1. The molecule has 0 radical (unpaired) electrons. The molecule has 0 spiro atoms. The third-order valence-electron chi connectivity index (χ3n) is 3.26. The molecule has 1 N–H and O–H groups in total. The maximum atomic E-state index is 4.48. The molecule has 0 saturated carbocycles. The molecule has 3 aromatic rings. The Morgan fingerprint density at radius 1 is 1.10 bits per heavy atom. The molecular formula is C16H14BrN3. The molecule has 0 amide bonds. The van der Waals surface area contributed by atoms with Crippen LogP contribution >= 0.6 is 15.9 Å². The maximum absolute atomic E-state index is 4.48. The minimum Gasteiger partial charge on any atom is -0.281 e. The van der Waals surface area contributed by atoms with Crippen molar-refractivity contribution < 1.29 is 0 Å². The van der Waals surface area contributed by atoms with Gasteiger partial charge in [-0.3, -0.25) is 10.1 Å². The average Bonchev–Trinajstić information content (AvgIpc) is 2.93. The van der Waals surface area contributed by atoms with Crippen molar-refractivity contribution in [2.45, 2.75) is 13.3 Å². The third kappa shape index (κ3) is 2.39. The summed E-state index contributed by atoms with van der Waals surface area (Å²) >= 11 is 3.47. The number of aryl methyl sites for hydroxylation is 1. The van der Waals surface area contributed by atoms with Crippen LogP contribution in [0.2, 0.25) is 0 Å². The van der Waals surface area contributed by atoms with Gasteiger partial charge in [0.15, 0.2) is 0 Å². The highest BCUT2D eigenvalue weighted by Gasteiger charge is 2.15. The zero-order valence-corrected chi connectivity index (χ0v) is 12.7. The SMILES string of the molecule is CCc1[nH]nc(-c2cccnc2)c1-c1ccc(Br)cc1. The van der Waals surface area contributed by atoms with Gasteiger partial charge in [-0.15, -0.1) is 0 Å². The first-order valence-corrected chi connectivity index (χ1v) is 7.32. The number of benzene rings is 1. The second-order valence-electron chi connectivity index (χ2n) is 4.53. The number of hydrogen-bond acceptors (Lipinski definition) is 2. The summed E-state index contributed by atoms with van der Waals surface area (Å²) in [5.41, 5.74) is 5.45. The van der Waals surface area contributed by atoms with Crippen molar-refractivity contribution in [1.82, 2.24) is 15.2 Å². The first-order valence-electron chi connectivity index (χ1n) is 6.53. The lowest BCUT2D eigenvalue weighted by molar-refractivity contribution is 0.977. The van der Waals surface area contributed by atoms with E-state index in [2.05, 4.69) is 62.3 Å². The van der Waals surface area contributed by atoms with Gasteiger partial charge in [0, 0.05) is 33.7 Å². The second-order valence-corrected chi connectivity index (χ2v) is 5.44. The molecule has 0 unspecified atom stereocenters. The number of pyridine rings is 1. The van der Waals surface area contributed by atoms with Crippen molar-refractivity contribution in [3.05, 3.63) is 59.0 Å². The van der Waals surface area contributed by atoms with Crippen LogP contribution in [0.5, 0.6) is 0 Å². The number of nitrogens with zero attached hydrogens (tertiary/aromatic N) is 2. The quantitative estimate of drug-likeness (QED) is 0.771. The van der Waals surface area contributed by atoms with Crippen LogP contribution < -0.4 is 0 Å². The highest BCUT2D eigenvalue weighted by atomic mass is 79.9. The largest absolute Gasteiger partial charge is 0.281 e. The molecule has 1 aromatic carbocycles. The standard InChI is InChI=1S/C16H14BrN3/c1-2-14-15(11-5-7-13(17)8-6-11)16(20-19-14)12-4-3-9-18-10-12/h3-10H,2H2,1H3,(H,19,20). The van der Waals surface area contributed by atoms with Gasteiger partial charge in [0.2, 0.25) is 0 Å². The Labute approximate surface area is 126 Å². The summed E-state index contributed by atoms with van der Waals surface area (Å²) in [6, 6.07) is 12.3. The van der Waals surface area contributed by atoms with E-state index in [1.807, 2.05) is 18.3 Å². The zero-order valence-electron chi connectivity index (χ0n) is 11.1. The smallest absolute Gasteiger partial charge is 0.102 e. The molecule has 0 atom stereocenters. The van der Waals surface area contributed by atoms with Gasteiger partial charge in [-0.1, -0.05) is 35.0 Å². The molecule has 0 aliphatic carbocycles. The Balaban J connectivity index is 2.18. The van der Waals surface area contributed by atoms with E-state index in [4.69, 9.17) is 0 Å². The van der Waals surface area contributed by atoms with Gasteiger partial charge in [0.25, 0.3) is 0 Å². The van der Waals surface area contributed by atoms with Crippen molar-refractivity contribution in [3.63, 3.8) is 0 Å². The van der Waals surface area contributed by atoms with E-state index in [1.165, 1.54) is 0 Å². The lowest BCUT2D eigenvalue weighted by Gasteiger charge is -2.05. The lowest BCUT2D eigenvalue weighted by atomic mass is 9.99. The van der Waals surface area contributed by atoms with Crippen LogP contribution in [0.25, 0.3) is 22.4 Å². The molecular weight excluding hydrogens is 314 g/mol. The van der Waals surface area contributed by atoms with E-state index >= 15 is 0 Å². The number of aromatic nitrogens is 3. The summed E-state index contributed by atoms with van der Waals surface area (Å²) in [4.78, 5) is 4.18. The molecule has 100 valence electrons. The van der Waals surface area contributed by atoms with Crippen molar-refractivity contribution in [2.75, 3.05) is 0 Å². The molecule has 2 aromatic heterocycles. The van der Waals surface area contributed by atoms with Crippen molar-refractivity contribution >= 4 is 15.9 Å². The number of rotatable bonds is 3. The second kappa shape index (κ2) is 5.59. The van der Waals surface area contributed by atoms with E-state index in [1.54, 1.807) is 6.20 Å². The van der Waals surface area contributed by atoms with Crippen LogP contribution in [-0.4, -0.2) is 15.2 Å². The van der Waals surface area contributed by atoms with Crippen LogP contribution in [0.3, 0.4) is 0 Å². The lowest BCUT2D eigenvalue weighted by Crippen LogP contribution is -1.87. The molecule has 4 heteroatoms. The Morgan fingerprint density at radius 2 is 1.90 bits per heavy atom.